The van der Waals surface area contributed by atoms with Gasteiger partial charge in [-0.3, -0.25) is 4.79 Å². The molecule has 0 aromatic carbocycles. The van der Waals surface area contributed by atoms with E-state index in [9.17, 15) is 4.79 Å². The third-order valence-electron chi connectivity index (χ3n) is 3.21. The normalized spacial score (nSPS) is 21.8. The maximum Gasteiger partial charge on any atom is 0.310 e. The van der Waals surface area contributed by atoms with Crippen LogP contribution in [-0.4, -0.2) is 62.7 Å². The SMILES string of the molecule is CCOC(=O)C1CCCN(CCCN(C)C)C1. The first-order valence-corrected chi connectivity index (χ1v) is 6.67. The summed E-state index contributed by atoms with van der Waals surface area (Å²) in [6.45, 7) is 6.58. The van der Waals surface area contributed by atoms with Gasteiger partial charge in [0.2, 0.25) is 0 Å². The van der Waals surface area contributed by atoms with Crippen LogP contribution in [0.15, 0.2) is 0 Å². The summed E-state index contributed by atoms with van der Waals surface area (Å²) in [7, 11) is 4.19. The molecule has 1 unspecified atom stereocenters. The first-order valence-electron chi connectivity index (χ1n) is 6.67. The Morgan fingerprint density at radius 3 is 2.88 bits per heavy atom. The van der Waals surface area contributed by atoms with Gasteiger partial charge in [0.25, 0.3) is 0 Å². The molecule has 1 heterocycles. The highest BCUT2D eigenvalue weighted by Gasteiger charge is 2.26. The Bertz CT molecular complexity index is 231. The third kappa shape index (κ3) is 5.50. The molecule has 1 saturated heterocycles. The van der Waals surface area contributed by atoms with Crippen molar-refractivity contribution in [2.75, 3.05) is 46.9 Å². The summed E-state index contributed by atoms with van der Waals surface area (Å²) in [4.78, 5) is 16.3. The van der Waals surface area contributed by atoms with Crippen molar-refractivity contribution in [1.29, 1.82) is 0 Å². The molecule has 1 rings (SSSR count). The molecule has 0 aromatic heterocycles. The molecule has 0 aromatic rings. The summed E-state index contributed by atoms with van der Waals surface area (Å²) in [6, 6.07) is 0. The zero-order chi connectivity index (χ0) is 12.7. The lowest BCUT2D eigenvalue weighted by atomic mass is 9.98. The Morgan fingerprint density at radius 2 is 2.24 bits per heavy atom. The van der Waals surface area contributed by atoms with E-state index >= 15 is 0 Å². The summed E-state index contributed by atoms with van der Waals surface area (Å²) >= 11 is 0. The summed E-state index contributed by atoms with van der Waals surface area (Å²) in [6.07, 6.45) is 3.27. The highest BCUT2D eigenvalue weighted by Crippen LogP contribution is 2.17. The predicted octanol–water partition coefficient (Wildman–Crippen LogP) is 1.21. The molecule has 0 bridgehead atoms. The minimum atomic E-state index is -0.00944. The number of nitrogens with zero attached hydrogens (tertiary/aromatic N) is 2. The van der Waals surface area contributed by atoms with Crippen molar-refractivity contribution < 1.29 is 9.53 Å². The number of piperidine rings is 1. The fourth-order valence-electron chi connectivity index (χ4n) is 2.32. The van der Waals surface area contributed by atoms with Crippen LogP contribution < -0.4 is 0 Å². The lowest BCUT2D eigenvalue weighted by Gasteiger charge is -2.31. The van der Waals surface area contributed by atoms with Gasteiger partial charge >= 0.3 is 5.97 Å². The van der Waals surface area contributed by atoms with Crippen LogP contribution in [0.4, 0.5) is 0 Å². The van der Waals surface area contributed by atoms with E-state index in [2.05, 4.69) is 23.9 Å². The average Bonchev–Trinajstić information content (AvgIpc) is 2.29. The first kappa shape index (κ1) is 14.5. The van der Waals surface area contributed by atoms with Gasteiger partial charge in [0.15, 0.2) is 0 Å². The van der Waals surface area contributed by atoms with E-state index in [1.807, 2.05) is 6.92 Å². The summed E-state index contributed by atoms with van der Waals surface area (Å²) < 4.78 is 5.10. The molecule has 4 heteroatoms. The monoisotopic (exact) mass is 242 g/mol. The van der Waals surface area contributed by atoms with Crippen LogP contribution in [0, 0.1) is 5.92 Å². The summed E-state index contributed by atoms with van der Waals surface area (Å²) in [5, 5.41) is 0. The Labute approximate surface area is 105 Å². The number of carbonyl (C=O) groups excluding carboxylic acids is 1. The molecule has 0 spiro atoms. The van der Waals surface area contributed by atoms with Crippen molar-refractivity contribution >= 4 is 5.97 Å². The predicted molar refractivity (Wildman–Crippen MR) is 69.0 cm³/mol. The number of hydrogen-bond acceptors (Lipinski definition) is 4. The second-order valence-corrected chi connectivity index (χ2v) is 5.05. The Morgan fingerprint density at radius 1 is 1.47 bits per heavy atom. The molecule has 0 aliphatic carbocycles. The first-order chi connectivity index (χ1) is 8.13. The number of ether oxygens (including phenoxy) is 1. The van der Waals surface area contributed by atoms with Gasteiger partial charge in [-0.05, 0) is 59.9 Å². The molecule has 4 nitrogen and oxygen atoms in total. The molecule has 0 saturated carbocycles. The Balaban J connectivity index is 2.26. The van der Waals surface area contributed by atoms with Gasteiger partial charge in [0, 0.05) is 6.54 Å². The quantitative estimate of drug-likeness (QED) is 0.656. The number of esters is 1. The second-order valence-electron chi connectivity index (χ2n) is 5.05. The topological polar surface area (TPSA) is 32.8 Å². The molecule has 1 atom stereocenters. The zero-order valence-corrected chi connectivity index (χ0v) is 11.4. The number of likely N-dealkylation sites (tertiary alicyclic amines) is 1. The van der Waals surface area contributed by atoms with Crippen LogP contribution >= 0.6 is 0 Å². The van der Waals surface area contributed by atoms with Gasteiger partial charge in [-0.1, -0.05) is 0 Å². The minimum absolute atomic E-state index is 0.00944. The smallest absolute Gasteiger partial charge is 0.310 e. The van der Waals surface area contributed by atoms with Crippen LogP contribution in [0.2, 0.25) is 0 Å². The van der Waals surface area contributed by atoms with E-state index in [0.29, 0.717) is 6.61 Å². The van der Waals surface area contributed by atoms with Gasteiger partial charge in [-0.25, -0.2) is 0 Å². The maximum atomic E-state index is 11.7. The maximum absolute atomic E-state index is 11.7. The minimum Gasteiger partial charge on any atom is -0.466 e. The lowest BCUT2D eigenvalue weighted by Crippen LogP contribution is -2.40. The standard InChI is InChI=1S/C13H26N2O2/c1-4-17-13(16)12-7-5-9-15(11-12)10-6-8-14(2)3/h12H,4-11H2,1-3H3. The van der Waals surface area contributed by atoms with Crippen molar-refractivity contribution in [3.8, 4) is 0 Å². The highest BCUT2D eigenvalue weighted by atomic mass is 16.5. The number of hydrogen-bond donors (Lipinski definition) is 0. The largest absolute Gasteiger partial charge is 0.466 e. The Hall–Kier alpha value is -0.610. The van der Waals surface area contributed by atoms with E-state index in [0.717, 1.165) is 39.0 Å². The van der Waals surface area contributed by atoms with Crippen LogP contribution in [-0.2, 0) is 9.53 Å². The zero-order valence-electron chi connectivity index (χ0n) is 11.4. The molecule has 17 heavy (non-hydrogen) atoms. The molecule has 0 radical (unpaired) electrons. The molecular formula is C13H26N2O2. The second kappa shape index (κ2) is 7.67. The number of carbonyl (C=O) groups is 1. The van der Waals surface area contributed by atoms with Gasteiger partial charge in [0.05, 0.1) is 12.5 Å². The lowest BCUT2D eigenvalue weighted by molar-refractivity contribution is -0.149. The molecular weight excluding hydrogens is 216 g/mol. The van der Waals surface area contributed by atoms with Gasteiger partial charge < -0.3 is 14.5 Å². The molecule has 0 amide bonds. The van der Waals surface area contributed by atoms with Crippen molar-refractivity contribution in [3.63, 3.8) is 0 Å². The van der Waals surface area contributed by atoms with Crippen LogP contribution in [0.5, 0.6) is 0 Å². The van der Waals surface area contributed by atoms with Crippen molar-refractivity contribution in [1.82, 2.24) is 9.80 Å². The fraction of sp³-hybridized carbons (Fsp3) is 0.923. The van der Waals surface area contributed by atoms with E-state index in [4.69, 9.17) is 4.74 Å². The molecule has 0 N–H and O–H groups in total. The van der Waals surface area contributed by atoms with E-state index < -0.39 is 0 Å². The molecule has 1 fully saturated rings. The Kier molecular flexibility index (Phi) is 6.52. The molecule has 1 aliphatic rings. The van der Waals surface area contributed by atoms with Crippen molar-refractivity contribution in [2.24, 2.45) is 5.92 Å². The van der Waals surface area contributed by atoms with Crippen LogP contribution in [0.25, 0.3) is 0 Å². The van der Waals surface area contributed by atoms with Crippen LogP contribution in [0.3, 0.4) is 0 Å². The fourth-order valence-corrected chi connectivity index (χ4v) is 2.32. The van der Waals surface area contributed by atoms with E-state index in [1.165, 1.54) is 6.42 Å². The van der Waals surface area contributed by atoms with Crippen LogP contribution in [0.1, 0.15) is 26.2 Å². The number of rotatable bonds is 6. The van der Waals surface area contributed by atoms with Gasteiger partial charge in [-0.2, -0.15) is 0 Å². The van der Waals surface area contributed by atoms with E-state index in [-0.39, 0.29) is 11.9 Å². The average molecular weight is 242 g/mol. The molecule has 100 valence electrons. The molecule has 1 aliphatic heterocycles. The van der Waals surface area contributed by atoms with Crippen molar-refractivity contribution in [3.05, 3.63) is 0 Å². The summed E-state index contributed by atoms with van der Waals surface area (Å²) in [5.41, 5.74) is 0. The third-order valence-corrected chi connectivity index (χ3v) is 3.21. The van der Waals surface area contributed by atoms with Crippen molar-refractivity contribution in [2.45, 2.75) is 26.2 Å². The van der Waals surface area contributed by atoms with Gasteiger partial charge in [-0.15, -0.1) is 0 Å². The summed E-state index contributed by atoms with van der Waals surface area (Å²) in [5.74, 6) is 0.0906. The van der Waals surface area contributed by atoms with Gasteiger partial charge in [0.1, 0.15) is 0 Å². The van der Waals surface area contributed by atoms with E-state index in [1.54, 1.807) is 0 Å². The highest BCUT2D eigenvalue weighted by molar-refractivity contribution is 5.72.